The second-order valence-electron chi connectivity index (χ2n) is 10.6. The Bertz CT molecular complexity index is 916. The van der Waals surface area contributed by atoms with Gasteiger partial charge in [-0.15, -0.1) is 0 Å². The fourth-order valence-corrected chi connectivity index (χ4v) is 5.31. The number of cyclic esters (lactones) is 1. The molecule has 3 N–H and O–H groups in total. The third-order valence-electron chi connectivity index (χ3n) is 7.16. The molecule has 1 fully saturated rings. The predicted molar refractivity (Wildman–Crippen MR) is 146 cm³/mol. The molecule has 39 heavy (non-hydrogen) atoms. The summed E-state index contributed by atoms with van der Waals surface area (Å²) < 4.78 is 23.2. The van der Waals surface area contributed by atoms with E-state index in [0.29, 0.717) is 5.57 Å². The molecule has 2 rings (SSSR count). The summed E-state index contributed by atoms with van der Waals surface area (Å²) in [5.74, 6) is -2.11. The van der Waals surface area contributed by atoms with E-state index in [9.17, 15) is 29.7 Å². The van der Waals surface area contributed by atoms with Crippen molar-refractivity contribution >= 4 is 29.5 Å². The number of hydrogen-bond acceptors (Lipinski definition) is 11. The minimum Gasteiger partial charge on any atom is -0.457 e. The lowest BCUT2D eigenvalue weighted by Crippen LogP contribution is -2.46. The second-order valence-corrected chi connectivity index (χ2v) is 11.7. The molecule has 0 saturated carbocycles. The summed E-state index contributed by atoms with van der Waals surface area (Å²) in [6.45, 7) is 10.3. The maximum Gasteiger partial charge on any atom is 0.310 e. The predicted octanol–water partition coefficient (Wildman–Crippen LogP) is 2.32. The number of thioether (sulfide) groups is 1. The Hall–Kier alpha value is -1.76. The molecule has 0 aromatic rings. The van der Waals surface area contributed by atoms with Crippen molar-refractivity contribution in [3.63, 3.8) is 0 Å². The van der Waals surface area contributed by atoms with E-state index in [1.54, 1.807) is 26.2 Å². The van der Waals surface area contributed by atoms with E-state index in [1.807, 2.05) is 33.8 Å². The van der Waals surface area contributed by atoms with Crippen LogP contribution in [0.25, 0.3) is 0 Å². The van der Waals surface area contributed by atoms with Crippen LogP contribution in [0, 0.1) is 11.8 Å². The molecule has 0 amide bonds. The minimum absolute atomic E-state index is 0.0198. The van der Waals surface area contributed by atoms with Gasteiger partial charge in [0.05, 0.1) is 12.5 Å². The van der Waals surface area contributed by atoms with Crippen molar-refractivity contribution in [2.75, 3.05) is 12.9 Å². The summed E-state index contributed by atoms with van der Waals surface area (Å²) >= 11 is 1.34. The summed E-state index contributed by atoms with van der Waals surface area (Å²) in [5, 5.41) is 29.8. The molecule has 0 aromatic carbocycles. The SMILES string of the molecule is C/C=C(/C)C1C/C=C(\C)C(OC2OC(CO)C(O)C2O)C(OC(=O)CC(C)C)C(=O)CC(SC)[C@H](C)C(=O)O1. The smallest absolute Gasteiger partial charge is 0.310 e. The molecule has 0 aromatic heterocycles. The quantitative estimate of drug-likeness (QED) is 0.291. The number of ether oxygens (including phenoxy) is 4. The highest BCUT2D eigenvalue weighted by Gasteiger charge is 2.47. The average molecular weight is 573 g/mol. The number of rotatable bonds is 8. The second kappa shape index (κ2) is 15.3. The average Bonchev–Trinajstić information content (AvgIpc) is 3.16. The zero-order valence-electron chi connectivity index (χ0n) is 23.9. The number of allylic oxidation sites excluding steroid dienone is 1. The molecule has 2 aliphatic heterocycles. The Labute approximate surface area is 235 Å². The van der Waals surface area contributed by atoms with Gasteiger partial charge in [0.1, 0.15) is 30.5 Å². The molecular weight excluding hydrogens is 528 g/mol. The first-order valence-corrected chi connectivity index (χ1v) is 14.7. The van der Waals surface area contributed by atoms with Crippen LogP contribution in [0.3, 0.4) is 0 Å². The summed E-state index contributed by atoms with van der Waals surface area (Å²) in [4.78, 5) is 39.6. The number of carbonyl (C=O) groups excluding carboxylic acids is 3. The third-order valence-corrected chi connectivity index (χ3v) is 8.34. The Morgan fingerprint density at radius 1 is 1.23 bits per heavy atom. The van der Waals surface area contributed by atoms with Gasteiger partial charge in [0.15, 0.2) is 18.2 Å². The molecule has 0 radical (unpaired) electrons. The van der Waals surface area contributed by atoms with Gasteiger partial charge in [-0.05, 0) is 44.1 Å². The molecule has 10 nitrogen and oxygen atoms in total. The van der Waals surface area contributed by atoms with Gasteiger partial charge in [-0.2, -0.15) is 11.8 Å². The van der Waals surface area contributed by atoms with Gasteiger partial charge >= 0.3 is 11.9 Å². The van der Waals surface area contributed by atoms with Crippen LogP contribution in [0.15, 0.2) is 23.3 Å². The van der Waals surface area contributed by atoms with Gasteiger partial charge in [0, 0.05) is 24.5 Å². The van der Waals surface area contributed by atoms with Gasteiger partial charge in [0.2, 0.25) is 0 Å². The number of aliphatic hydroxyl groups is 3. The molecular formula is C28H44O10S. The molecule has 2 aliphatic rings. The fourth-order valence-electron chi connectivity index (χ4n) is 4.46. The number of carbonyl (C=O) groups is 3. The Kier molecular flexibility index (Phi) is 13.1. The highest BCUT2D eigenvalue weighted by Crippen LogP contribution is 2.31. The largest absolute Gasteiger partial charge is 0.457 e. The van der Waals surface area contributed by atoms with Gasteiger partial charge < -0.3 is 34.3 Å². The van der Waals surface area contributed by atoms with E-state index in [2.05, 4.69) is 0 Å². The molecule has 0 aliphatic carbocycles. The lowest BCUT2D eigenvalue weighted by molar-refractivity contribution is -0.209. The first kappa shape index (κ1) is 33.4. The normalized spacial score (nSPS) is 36.5. The fraction of sp³-hybridized carbons (Fsp3) is 0.750. The van der Waals surface area contributed by atoms with Crippen LogP contribution in [0.4, 0.5) is 0 Å². The van der Waals surface area contributed by atoms with Crippen molar-refractivity contribution in [3.05, 3.63) is 23.3 Å². The molecule has 1 saturated heterocycles. The maximum atomic E-state index is 13.7. The van der Waals surface area contributed by atoms with E-state index >= 15 is 0 Å². The van der Waals surface area contributed by atoms with Crippen molar-refractivity contribution in [2.45, 2.75) is 109 Å². The Balaban J connectivity index is 2.58. The van der Waals surface area contributed by atoms with Crippen molar-refractivity contribution in [3.8, 4) is 0 Å². The summed E-state index contributed by atoms with van der Waals surface area (Å²) in [6.07, 6.45) is -2.88. The zero-order chi connectivity index (χ0) is 29.4. The minimum atomic E-state index is -1.50. The molecule has 0 bridgehead atoms. The standard InChI is InChI=1S/C28H44O10S/c1-8-15(4)19-10-9-16(5)25(38-28-24(33)23(32)20(13-29)36-28)26(37-22(31)11-14(2)3)18(30)12-21(39-7)17(6)27(34)35-19/h8-9,14,17,19-21,23-26,28-29,32-33H,10-13H2,1-7H3/b15-8-,16-9+/t17-,19?,20?,21?,23?,24?,25?,26?,28?/m0/s1. The third kappa shape index (κ3) is 8.86. The molecule has 222 valence electrons. The van der Waals surface area contributed by atoms with Crippen molar-refractivity contribution < 1.29 is 48.7 Å². The summed E-state index contributed by atoms with van der Waals surface area (Å²) in [6, 6.07) is 0. The van der Waals surface area contributed by atoms with Crippen LogP contribution in [0.1, 0.15) is 60.8 Å². The van der Waals surface area contributed by atoms with Gasteiger partial charge in [-0.25, -0.2) is 0 Å². The van der Waals surface area contributed by atoms with Crippen LogP contribution in [0.5, 0.6) is 0 Å². The van der Waals surface area contributed by atoms with Crippen molar-refractivity contribution in [2.24, 2.45) is 11.8 Å². The van der Waals surface area contributed by atoms with Crippen LogP contribution >= 0.6 is 11.8 Å². The number of aliphatic hydroxyl groups excluding tert-OH is 3. The molecule has 0 spiro atoms. The van der Waals surface area contributed by atoms with E-state index in [0.717, 1.165) is 5.57 Å². The van der Waals surface area contributed by atoms with E-state index in [-0.39, 0.29) is 25.2 Å². The van der Waals surface area contributed by atoms with E-state index in [1.165, 1.54) is 11.8 Å². The Morgan fingerprint density at radius 2 is 1.90 bits per heavy atom. The molecule has 11 heteroatoms. The molecule has 8 unspecified atom stereocenters. The van der Waals surface area contributed by atoms with Crippen molar-refractivity contribution in [1.29, 1.82) is 0 Å². The lowest BCUT2D eigenvalue weighted by Gasteiger charge is -2.32. The first-order valence-electron chi connectivity index (χ1n) is 13.4. The molecule has 9 atom stereocenters. The topological polar surface area (TPSA) is 149 Å². The van der Waals surface area contributed by atoms with Crippen LogP contribution in [-0.2, 0) is 33.3 Å². The summed E-state index contributed by atoms with van der Waals surface area (Å²) in [7, 11) is 0. The Morgan fingerprint density at radius 3 is 2.44 bits per heavy atom. The highest BCUT2D eigenvalue weighted by atomic mass is 32.2. The van der Waals surface area contributed by atoms with E-state index < -0.39 is 78.4 Å². The van der Waals surface area contributed by atoms with Crippen LogP contribution in [-0.4, -0.2) is 94.1 Å². The van der Waals surface area contributed by atoms with Gasteiger partial charge in [-0.3, -0.25) is 14.4 Å². The number of esters is 2. The zero-order valence-corrected chi connectivity index (χ0v) is 24.7. The molecule has 2 heterocycles. The first-order chi connectivity index (χ1) is 18.3. The van der Waals surface area contributed by atoms with Gasteiger partial charge in [-0.1, -0.05) is 32.9 Å². The number of hydrogen-bond donors (Lipinski definition) is 3. The number of ketones is 1. The van der Waals surface area contributed by atoms with E-state index in [4.69, 9.17) is 18.9 Å². The lowest BCUT2D eigenvalue weighted by atomic mass is 9.93. The maximum absolute atomic E-state index is 13.7. The van der Waals surface area contributed by atoms with Crippen LogP contribution in [0.2, 0.25) is 0 Å². The summed E-state index contributed by atoms with van der Waals surface area (Å²) in [5.41, 5.74) is 1.33. The monoisotopic (exact) mass is 572 g/mol. The van der Waals surface area contributed by atoms with Crippen molar-refractivity contribution in [1.82, 2.24) is 0 Å². The highest BCUT2D eigenvalue weighted by molar-refractivity contribution is 7.99. The van der Waals surface area contributed by atoms with Gasteiger partial charge in [0.25, 0.3) is 0 Å². The van der Waals surface area contributed by atoms with Crippen LogP contribution < -0.4 is 0 Å². The number of Topliss-reactive ketones (excluding diaryl/α,β-unsaturated/α-hetero) is 1.